The fourth-order valence-electron chi connectivity index (χ4n) is 2.46. The minimum absolute atomic E-state index is 0.0353. The summed E-state index contributed by atoms with van der Waals surface area (Å²) in [6, 6.07) is 8.87. The predicted molar refractivity (Wildman–Crippen MR) is 104 cm³/mol. The average Bonchev–Trinajstić information content (AvgIpc) is 2.68. The number of pyridine rings is 1. The van der Waals surface area contributed by atoms with Crippen LogP contribution >= 0.6 is 0 Å². The molecule has 0 bridgehead atoms. The first-order chi connectivity index (χ1) is 13.2. The monoisotopic (exact) mass is 388 g/mol. The Hall–Kier alpha value is -3.00. The third-order valence-electron chi connectivity index (χ3n) is 4.55. The number of aromatic nitrogens is 1. The molecule has 7 nitrogen and oxygen atoms in total. The maximum absolute atomic E-state index is 13.2. The van der Waals surface area contributed by atoms with Crippen LogP contribution in [0.15, 0.2) is 42.6 Å². The second kappa shape index (κ2) is 9.27. The van der Waals surface area contributed by atoms with Crippen LogP contribution in [-0.2, 0) is 16.1 Å². The second-order valence-electron chi connectivity index (χ2n) is 6.75. The molecule has 0 saturated carbocycles. The molecule has 2 atom stereocenters. The smallest absolute Gasteiger partial charge is 0.251 e. The molecule has 1 aromatic heterocycles. The van der Waals surface area contributed by atoms with Crippen LogP contribution in [-0.4, -0.2) is 34.1 Å². The molecule has 1 aromatic carbocycles. The molecule has 28 heavy (non-hydrogen) atoms. The molecule has 0 unspecified atom stereocenters. The molecule has 0 spiro atoms. The molecule has 5 N–H and O–H groups in total. The van der Waals surface area contributed by atoms with Crippen LogP contribution in [0.5, 0.6) is 0 Å². The standard InChI is InChI=1S/C20H25FN4O3/c1-3-20(2,28)19(27)25-12-16(14-5-7-15(21)8-6-14)18(26)24-11-13-4-9-17(22)23-10-13/h4-10,16,28H,3,11-12H2,1-2H3,(H2,22,23)(H,24,26)(H,25,27)/t16-,20-/m0/s1. The van der Waals surface area contributed by atoms with Crippen molar-refractivity contribution < 1.29 is 19.1 Å². The van der Waals surface area contributed by atoms with Gasteiger partial charge in [-0.3, -0.25) is 9.59 Å². The Labute approximate surface area is 163 Å². The van der Waals surface area contributed by atoms with Crippen LogP contribution < -0.4 is 16.4 Å². The normalized spacial score (nSPS) is 14.0. The zero-order valence-corrected chi connectivity index (χ0v) is 15.9. The summed E-state index contributed by atoms with van der Waals surface area (Å²) in [4.78, 5) is 28.8. The van der Waals surface area contributed by atoms with Gasteiger partial charge in [-0.15, -0.1) is 0 Å². The van der Waals surface area contributed by atoms with Crippen LogP contribution in [0.1, 0.15) is 37.3 Å². The van der Waals surface area contributed by atoms with E-state index in [-0.39, 0.29) is 25.4 Å². The summed E-state index contributed by atoms with van der Waals surface area (Å²) in [7, 11) is 0. The molecule has 0 aliphatic carbocycles. The average molecular weight is 388 g/mol. The number of amides is 2. The van der Waals surface area contributed by atoms with Crippen molar-refractivity contribution >= 4 is 17.6 Å². The van der Waals surface area contributed by atoms with Gasteiger partial charge in [-0.05, 0) is 42.7 Å². The lowest BCUT2D eigenvalue weighted by molar-refractivity contribution is -0.138. The van der Waals surface area contributed by atoms with Crippen molar-refractivity contribution in [1.29, 1.82) is 0 Å². The van der Waals surface area contributed by atoms with E-state index in [1.807, 2.05) is 0 Å². The number of hydrogen-bond acceptors (Lipinski definition) is 5. The summed E-state index contributed by atoms with van der Waals surface area (Å²) in [6.45, 7) is 3.28. The minimum Gasteiger partial charge on any atom is -0.384 e. The lowest BCUT2D eigenvalue weighted by Gasteiger charge is -2.23. The molecular formula is C20H25FN4O3. The number of hydrogen-bond donors (Lipinski definition) is 4. The maximum Gasteiger partial charge on any atom is 0.251 e. The number of benzene rings is 1. The first-order valence-electron chi connectivity index (χ1n) is 8.97. The Morgan fingerprint density at radius 1 is 1.21 bits per heavy atom. The number of aliphatic hydroxyl groups is 1. The molecule has 0 radical (unpaired) electrons. The molecule has 2 amide bonds. The highest BCUT2D eigenvalue weighted by atomic mass is 19.1. The maximum atomic E-state index is 13.2. The van der Waals surface area contributed by atoms with Gasteiger partial charge in [-0.2, -0.15) is 0 Å². The summed E-state index contributed by atoms with van der Waals surface area (Å²) in [5.41, 5.74) is 5.32. The fraction of sp³-hybridized carbons (Fsp3) is 0.350. The quantitative estimate of drug-likeness (QED) is 0.546. The fourth-order valence-corrected chi connectivity index (χ4v) is 2.46. The van der Waals surface area contributed by atoms with Gasteiger partial charge < -0.3 is 21.5 Å². The van der Waals surface area contributed by atoms with Gasteiger partial charge in [0.05, 0.1) is 5.92 Å². The molecule has 2 rings (SSSR count). The van der Waals surface area contributed by atoms with Gasteiger partial charge in [0, 0.05) is 19.3 Å². The van der Waals surface area contributed by atoms with E-state index < -0.39 is 23.2 Å². The van der Waals surface area contributed by atoms with E-state index in [1.54, 1.807) is 25.3 Å². The molecule has 0 aliphatic heterocycles. The molecule has 1 heterocycles. The first kappa shape index (κ1) is 21.3. The third-order valence-corrected chi connectivity index (χ3v) is 4.55. The summed E-state index contributed by atoms with van der Waals surface area (Å²) in [6.07, 6.45) is 1.79. The first-order valence-corrected chi connectivity index (χ1v) is 8.97. The topological polar surface area (TPSA) is 117 Å². The Bertz CT molecular complexity index is 807. The number of carbonyl (C=O) groups excluding carboxylic acids is 2. The van der Waals surface area contributed by atoms with Crippen molar-refractivity contribution in [3.05, 3.63) is 59.5 Å². The van der Waals surface area contributed by atoms with Gasteiger partial charge in [0.25, 0.3) is 5.91 Å². The SMILES string of the molecule is CC[C@](C)(O)C(=O)NC[C@H](C(=O)NCc1ccc(N)nc1)c1ccc(F)cc1. The van der Waals surface area contributed by atoms with Crippen LogP contribution in [0.4, 0.5) is 10.2 Å². The van der Waals surface area contributed by atoms with E-state index >= 15 is 0 Å². The molecule has 8 heteroatoms. The van der Waals surface area contributed by atoms with E-state index in [2.05, 4.69) is 15.6 Å². The lowest BCUT2D eigenvalue weighted by atomic mass is 9.96. The third kappa shape index (κ3) is 5.75. The Balaban J connectivity index is 2.10. The minimum atomic E-state index is -1.53. The molecule has 150 valence electrons. The van der Waals surface area contributed by atoms with Gasteiger partial charge in [-0.25, -0.2) is 9.37 Å². The van der Waals surface area contributed by atoms with Gasteiger partial charge >= 0.3 is 0 Å². The van der Waals surface area contributed by atoms with Crippen molar-refractivity contribution in [1.82, 2.24) is 15.6 Å². The Morgan fingerprint density at radius 3 is 2.46 bits per heavy atom. The number of nitrogens with two attached hydrogens (primary N) is 1. The van der Waals surface area contributed by atoms with Gasteiger partial charge in [0.1, 0.15) is 17.2 Å². The molecule has 0 saturated heterocycles. The van der Waals surface area contributed by atoms with Crippen LogP contribution in [0.2, 0.25) is 0 Å². The van der Waals surface area contributed by atoms with E-state index in [0.717, 1.165) is 5.56 Å². The summed E-state index contributed by atoms with van der Waals surface area (Å²) < 4.78 is 13.2. The van der Waals surface area contributed by atoms with Gasteiger partial charge in [0.2, 0.25) is 5.91 Å². The van der Waals surface area contributed by atoms with E-state index in [9.17, 15) is 19.1 Å². The number of anilines is 1. The predicted octanol–water partition coefficient (Wildman–Crippen LogP) is 1.48. The highest BCUT2D eigenvalue weighted by molar-refractivity contribution is 5.87. The number of nitrogens with zero attached hydrogens (tertiary/aromatic N) is 1. The Kier molecular flexibility index (Phi) is 7.06. The zero-order chi connectivity index (χ0) is 20.7. The highest BCUT2D eigenvalue weighted by Gasteiger charge is 2.29. The summed E-state index contributed by atoms with van der Waals surface area (Å²) in [5, 5.41) is 15.4. The van der Waals surface area contributed by atoms with E-state index in [1.165, 1.54) is 31.2 Å². The van der Waals surface area contributed by atoms with E-state index in [0.29, 0.717) is 11.4 Å². The summed E-state index contributed by atoms with van der Waals surface area (Å²) >= 11 is 0. The van der Waals surface area contributed by atoms with Crippen molar-refractivity contribution in [2.24, 2.45) is 0 Å². The highest BCUT2D eigenvalue weighted by Crippen LogP contribution is 2.17. The number of halogens is 1. The van der Waals surface area contributed by atoms with Crippen molar-refractivity contribution in [3.63, 3.8) is 0 Å². The number of rotatable bonds is 8. The lowest BCUT2D eigenvalue weighted by Crippen LogP contribution is -2.46. The van der Waals surface area contributed by atoms with Crippen molar-refractivity contribution in [2.45, 2.75) is 38.3 Å². The molecule has 0 aliphatic rings. The Morgan fingerprint density at radius 2 is 1.89 bits per heavy atom. The molecule has 0 fully saturated rings. The number of nitrogen functional groups attached to an aromatic ring is 1. The van der Waals surface area contributed by atoms with Crippen molar-refractivity contribution in [2.75, 3.05) is 12.3 Å². The van der Waals surface area contributed by atoms with Gasteiger partial charge in [0.15, 0.2) is 0 Å². The number of nitrogens with one attached hydrogen (secondary N) is 2. The zero-order valence-electron chi connectivity index (χ0n) is 15.9. The van der Waals surface area contributed by atoms with Crippen molar-refractivity contribution in [3.8, 4) is 0 Å². The molecular weight excluding hydrogens is 363 g/mol. The van der Waals surface area contributed by atoms with Crippen LogP contribution in [0.25, 0.3) is 0 Å². The van der Waals surface area contributed by atoms with Gasteiger partial charge in [-0.1, -0.05) is 25.1 Å². The second-order valence-corrected chi connectivity index (χ2v) is 6.75. The van der Waals surface area contributed by atoms with Crippen LogP contribution in [0, 0.1) is 5.82 Å². The van der Waals surface area contributed by atoms with Crippen LogP contribution in [0.3, 0.4) is 0 Å². The molecule has 2 aromatic rings. The largest absolute Gasteiger partial charge is 0.384 e. The van der Waals surface area contributed by atoms with E-state index in [4.69, 9.17) is 5.73 Å². The summed E-state index contributed by atoms with van der Waals surface area (Å²) in [5.74, 6) is -1.71. The number of carbonyl (C=O) groups is 2.